The van der Waals surface area contributed by atoms with Gasteiger partial charge in [0, 0.05) is 10.8 Å². The first-order chi connectivity index (χ1) is 16.5. The van der Waals surface area contributed by atoms with Gasteiger partial charge in [-0.05, 0) is 26.7 Å². The number of thiazole rings is 2. The van der Waals surface area contributed by atoms with E-state index in [0.717, 1.165) is 11.3 Å². The highest BCUT2D eigenvalue weighted by molar-refractivity contribution is 7.10. The molecule has 0 radical (unpaired) electrons. The molecule has 0 unspecified atom stereocenters. The van der Waals surface area contributed by atoms with Gasteiger partial charge < -0.3 is 25.5 Å². The Hall–Kier alpha value is -3.16. The van der Waals surface area contributed by atoms with Crippen molar-refractivity contribution in [2.45, 2.75) is 58.8 Å². The van der Waals surface area contributed by atoms with Gasteiger partial charge in [0.05, 0.1) is 12.1 Å². The first-order valence-electron chi connectivity index (χ1n) is 11.0. The lowest BCUT2D eigenvalue weighted by Crippen LogP contribution is -2.36. The molecule has 35 heavy (non-hydrogen) atoms. The quantitative estimate of drug-likeness (QED) is 0.403. The number of nitrogens with zero attached hydrogens (tertiary/aromatic N) is 3. The van der Waals surface area contributed by atoms with Crippen LogP contribution in [0.25, 0.3) is 0 Å². The normalized spacial score (nSPS) is 22.1. The van der Waals surface area contributed by atoms with Crippen molar-refractivity contribution >= 4 is 40.4 Å². The summed E-state index contributed by atoms with van der Waals surface area (Å²) in [6.45, 7) is 8.67. The Kier molecular flexibility index (Phi) is 7.01. The average molecular weight is 519 g/mol. The van der Waals surface area contributed by atoms with Crippen LogP contribution in [0.3, 0.4) is 0 Å². The van der Waals surface area contributed by atoms with Crippen molar-refractivity contribution in [2.75, 3.05) is 0 Å². The number of nitrogens with one attached hydrogen (secondary N) is 3. The third-order valence-electron chi connectivity index (χ3n) is 5.51. The fraction of sp³-hybridized carbons (Fsp3) is 0.455. The zero-order valence-electron chi connectivity index (χ0n) is 19.8. The van der Waals surface area contributed by atoms with E-state index in [1.54, 1.807) is 24.6 Å². The van der Waals surface area contributed by atoms with Crippen LogP contribution in [0.1, 0.15) is 99.0 Å². The van der Waals surface area contributed by atoms with Crippen LogP contribution in [0.5, 0.6) is 0 Å². The van der Waals surface area contributed by atoms with Crippen molar-refractivity contribution in [1.29, 1.82) is 0 Å². The minimum Gasteiger partial charge on any atom is -0.443 e. The van der Waals surface area contributed by atoms with Gasteiger partial charge in [-0.25, -0.2) is 15.0 Å². The predicted octanol–water partition coefficient (Wildman–Crippen LogP) is 2.68. The third kappa shape index (κ3) is 5.11. The molecule has 0 spiro atoms. The van der Waals surface area contributed by atoms with Crippen LogP contribution in [0.2, 0.25) is 0 Å². The van der Waals surface area contributed by atoms with Gasteiger partial charge in [0.25, 0.3) is 17.7 Å². The molecule has 0 aromatic carbocycles. The molecule has 1 aliphatic heterocycles. The first kappa shape index (κ1) is 24.9. The molecule has 0 aliphatic carbocycles. The second-order valence-corrected chi connectivity index (χ2v) is 10.5. The van der Waals surface area contributed by atoms with Gasteiger partial charge in [-0.2, -0.15) is 0 Å². The number of aryl methyl sites for hydroxylation is 1. The summed E-state index contributed by atoms with van der Waals surface area (Å²) in [5.41, 5.74) is 0.382. The molecular weight excluding hydrogens is 492 g/mol. The molecule has 186 valence electrons. The summed E-state index contributed by atoms with van der Waals surface area (Å²) in [4.78, 5) is 51.9. The number of aliphatic hydroxyl groups excluding tert-OH is 1. The van der Waals surface area contributed by atoms with E-state index >= 15 is 0 Å². The van der Waals surface area contributed by atoms with Crippen molar-refractivity contribution in [2.24, 2.45) is 5.92 Å². The van der Waals surface area contributed by atoms with Crippen LogP contribution >= 0.6 is 22.7 Å². The number of amides is 3. The fourth-order valence-electron chi connectivity index (χ4n) is 3.54. The number of oxazole rings is 1. The third-order valence-corrected chi connectivity index (χ3v) is 7.37. The minimum absolute atomic E-state index is 0.0122. The topological polar surface area (TPSA) is 159 Å². The highest BCUT2D eigenvalue weighted by Gasteiger charge is 2.30. The molecular formula is C22H26N6O5S2. The predicted molar refractivity (Wildman–Crippen MR) is 128 cm³/mol. The van der Waals surface area contributed by atoms with E-state index in [-0.39, 0.29) is 34.7 Å². The van der Waals surface area contributed by atoms with Crippen LogP contribution in [0.15, 0.2) is 15.2 Å². The summed E-state index contributed by atoms with van der Waals surface area (Å²) in [6, 6.07) is -1.95. The van der Waals surface area contributed by atoms with Crippen molar-refractivity contribution in [1.82, 2.24) is 30.9 Å². The van der Waals surface area contributed by atoms with E-state index in [4.69, 9.17) is 4.42 Å². The Balaban J connectivity index is 1.77. The second kappa shape index (κ2) is 9.84. The minimum atomic E-state index is -0.992. The van der Waals surface area contributed by atoms with Crippen LogP contribution in [0.4, 0.5) is 0 Å². The van der Waals surface area contributed by atoms with Crippen molar-refractivity contribution in [3.8, 4) is 0 Å². The van der Waals surface area contributed by atoms with Gasteiger partial charge in [-0.3, -0.25) is 14.4 Å². The molecule has 0 saturated heterocycles. The highest BCUT2D eigenvalue weighted by Crippen LogP contribution is 2.28. The fourth-order valence-corrected chi connectivity index (χ4v) is 5.51. The molecule has 0 fully saturated rings. The highest BCUT2D eigenvalue weighted by atomic mass is 32.1. The maximum Gasteiger partial charge on any atom is 0.274 e. The molecule has 11 nitrogen and oxygen atoms in total. The Morgan fingerprint density at radius 3 is 2.00 bits per heavy atom. The summed E-state index contributed by atoms with van der Waals surface area (Å²) in [6.07, 6.45) is -0.992. The van der Waals surface area contributed by atoms with Gasteiger partial charge in [0.1, 0.15) is 39.2 Å². The van der Waals surface area contributed by atoms with Crippen LogP contribution < -0.4 is 16.0 Å². The molecule has 4 rings (SSSR count). The van der Waals surface area contributed by atoms with Gasteiger partial charge in [0.15, 0.2) is 5.69 Å². The Bertz CT molecular complexity index is 1260. The molecule has 3 aromatic rings. The van der Waals surface area contributed by atoms with Gasteiger partial charge in [-0.15, -0.1) is 22.7 Å². The number of hydrogen-bond acceptors (Lipinski definition) is 10. The van der Waals surface area contributed by atoms with E-state index in [2.05, 4.69) is 30.9 Å². The lowest BCUT2D eigenvalue weighted by Gasteiger charge is -2.20. The Labute approximate surface area is 209 Å². The van der Waals surface area contributed by atoms with E-state index in [1.165, 1.54) is 18.3 Å². The molecule has 6 bridgehead atoms. The van der Waals surface area contributed by atoms with E-state index in [1.807, 2.05) is 13.8 Å². The summed E-state index contributed by atoms with van der Waals surface area (Å²) in [5, 5.41) is 22.9. The molecule has 1 aliphatic rings. The van der Waals surface area contributed by atoms with E-state index < -0.39 is 42.0 Å². The monoisotopic (exact) mass is 518 g/mol. The lowest BCUT2D eigenvalue weighted by atomic mass is 10.1. The molecule has 3 amide bonds. The SMILES string of the molecule is Cc1oc2nc1C(=O)N[C@H]([C@@H](C)O)c1nc(cs1)C(=O)N[C@H](C(C)C)c1nc(cs1)C(=O)N[C@@H]2C. The Morgan fingerprint density at radius 2 is 1.43 bits per heavy atom. The van der Waals surface area contributed by atoms with Crippen LogP contribution in [-0.2, 0) is 0 Å². The molecule has 13 heteroatoms. The number of aliphatic hydroxyl groups is 1. The van der Waals surface area contributed by atoms with E-state index in [0.29, 0.717) is 10.0 Å². The van der Waals surface area contributed by atoms with Crippen molar-refractivity contribution < 1.29 is 23.9 Å². The average Bonchev–Trinajstić information content (AvgIpc) is 3.54. The second-order valence-electron chi connectivity index (χ2n) is 8.68. The lowest BCUT2D eigenvalue weighted by molar-refractivity contribution is 0.0851. The first-order valence-corrected chi connectivity index (χ1v) is 12.8. The number of carbonyl (C=O) groups is 3. The summed E-state index contributed by atoms with van der Waals surface area (Å²) in [7, 11) is 0. The number of hydrogen-bond donors (Lipinski definition) is 4. The number of rotatable bonds is 2. The summed E-state index contributed by atoms with van der Waals surface area (Å²) >= 11 is 2.43. The molecule has 3 aromatic heterocycles. The zero-order chi connectivity index (χ0) is 25.4. The summed E-state index contributed by atoms with van der Waals surface area (Å²) in [5.74, 6) is -1.02. The standard InChI is InChI=1S/C22H26N6O5S2/c1-8(2)14-21-24-12(6-34-21)17(30)23-9(3)20-28-16(11(5)33-20)19(32)27-15(10(4)29)22-25-13(7-35-22)18(31)26-14/h6-10,14-15,29H,1-5H3,(H,23,30)(H,26,31)(H,27,32)/t9-,10-,14-,15-/m1/s1. The van der Waals surface area contributed by atoms with Gasteiger partial charge in [-0.1, -0.05) is 13.8 Å². The Morgan fingerprint density at radius 1 is 0.886 bits per heavy atom. The van der Waals surface area contributed by atoms with Gasteiger partial charge >= 0.3 is 0 Å². The van der Waals surface area contributed by atoms with E-state index in [9.17, 15) is 19.5 Å². The van der Waals surface area contributed by atoms with Crippen molar-refractivity contribution in [3.05, 3.63) is 49.5 Å². The molecule has 4 heterocycles. The maximum absolute atomic E-state index is 13.0. The maximum atomic E-state index is 13.0. The number of aromatic nitrogens is 3. The van der Waals surface area contributed by atoms with Crippen LogP contribution in [0, 0.1) is 12.8 Å². The zero-order valence-corrected chi connectivity index (χ0v) is 21.4. The summed E-state index contributed by atoms with van der Waals surface area (Å²) < 4.78 is 5.65. The largest absolute Gasteiger partial charge is 0.443 e. The smallest absolute Gasteiger partial charge is 0.274 e. The molecule has 0 saturated carbocycles. The number of carbonyl (C=O) groups excluding carboxylic acids is 3. The van der Waals surface area contributed by atoms with Crippen molar-refractivity contribution in [3.63, 3.8) is 0 Å². The number of fused-ring (bicyclic) bond motifs is 6. The van der Waals surface area contributed by atoms with Gasteiger partial charge in [0.2, 0.25) is 5.89 Å². The van der Waals surface area contributed by atoms with Crippen LogP contribution in [-0.4, -0.2) is 43.9 Å². The molecule has 4 N–H and O–H groups in total. The molecule has 4 atom stereocenters.